The van der Waals surface area contributed by atoms with Crippen molar-refractivity contribution in [2.45, 2.75) is 13.0 Å². The van der Waals surface area contributed by atoms with E-state index in [1.54, 1.807) is 42.5 Å². The van der Waals surface area contributed by atoms with Gasteiger partial charge in [0.05, 0.1) is 25.3 Å². The smallest absolute Gasteiger partial charge is 0.262 e. The third-order valence-corrected chi connectivity index (χ3v) is 4.21. The Hall–Kier alpha value is -3.35. The zero-order chi connectivity index (χ0) is 18.8. The second kappa shape index (κ2) is 6.87. The fraction of sp³-hybridized carbons (Fsp3) is 0.211. The van der Waals surface area contributed by atoms with E-state index in [2.05, 4.69) is 5.32 Å². The molecule has 1 aliphatic rings. The standard InChI is InChI=1S/C19H18N2O5/c1-11(21-18(23)15-6-4-5-7-16(15)19(21)24)17(22)20-12-8-13(25-2)10-14(9-12)26-3/h4-11H,1-3H3,(H,20,22). The van der Waals surface area contributed by atoms with E-state index in [-0.39, 0.29) is 0 Å². The average molecular weight is 354 g/mol. The Bertz CT molecular complexity index is 836. The number of hydrogen-bond acceptors (Lipinski definition) is 5. The van der Waals surface area contributed by atoms with Crippen molar-refractivity contribution < 1.29 is 23.9 Å². The molecule has 2 aromatic rings. The van der Waals surface area contributed by atoms with E-state index in [1.807, 2.05) is 0 Å². The van der Waals surface area contributed by atoms with E-state index in [4.69, 9.17) is 9.47 Å². The number of nitrogens with zero attached hydrogens (tertiary/aromatic N) is 1. The minimum atomic E-state index is -0.973. The first-order valence-electron chi connectivity index (χ1n) is 7.97. The highest BCUT2D eigenvalue weighted by Gasteiger charge is 2.40. The van der Waals surface area contributed by atoms with Gasteiger partial charge in [0, 0.05) is 23.9 Å². The van der Waals surface area contributed by atoms with Crippen LogP contribution in [0, 0.1) is 0 Å². The molecule has 1 unspecified atom stereocenters. The van der Waals surface area contributed by atoms with Gasteiger partial charge < -0.3 is 14.8 Å². The number of nitrogens with one attached hydrogen (secondary N) is 1. The first-order valence-corrected chi connectivity index (χ1v) is 7.97. The summed E-state index contributed by atoms with van der Waals surface area (Å²) in [4.78, 5) is 38.6. The molecule has 0 aliphatic carbocycles. The van der Waals surface area contributed by atoms with Gasteiger partial charge in [-0.2, -0.15) is 0 Å². The summed E-state index contributed by atoms with van der Waals surface area (Å²) in [5.41, 5.74) is 1.05. The molecule has 0 aromatic heterocycles. The van der Waals surface area contributed by atoms with Gasteiger partial charge in [0.25, 0.3) is 11.8 Å². The van der Waals surface area contributed by atoms with Crippen LogP contribution >= 0.6 is 0 Å². The molecule has 7 heteroatoms. The number of anilines is 1. The Kier molecular flexibility index (Phi) is 4.62. The van der Waals surface area contributed by atoms with E-state index >= 15 is 0 Å². The van der Waals surface area contributed by atoms with Crippen molar-refractivity contribution >= 4 is 23.4 Å². The van der Waals surface area contributed by atoms with Crippen LogP contribution in [0.15, 0.2) is 42.5 Å². The first kappa shape index (κ1) is 17.5. The minimum Gasteiger partial charge on any atom is -0.497 e. The van der Waals surface area contributed by atoms with Gasteiger partial charge in [0.1, 0.15) is 17.5 Å². The molecule has 1 atom stereocenters. The lowest BCUT2D eigenvalue weighted by Gasteiger charge is -2.22. The van der Waals surface area contributed by atoms with Gasteiger partial charge in [-0.25, -0.2) is 0 Å². The van der Waals surface area contributed by atoms with E-state index in [0.717, 1.165) is 4.90 Å². The number of hydrogen-bond donors (Lipinski definition) is 1. The van der Waals surface area contributed by atoms with Crippen LogP contribution in [-0.4, -0.2) is 42.9 Å². The lowest BCUT2D eigenvalue weighted by Crippen LogP contribution is -2.45. The van der Waals surface area contributed by atoms with Crippen molar-refractivity contribution in [3.05, 3.63) is 53.6 Å². The topological polar surface area (TPSA) is 84.9 Å². The van der Waals surface area contributed by atoms with Crippen LogP contribution in [-0.2, 0) is 4.79 Å². The number of carbonyl (C=O) groups excluding carboxylic acids is 3. The molecule has 3 rings (SSSR count). The van der Waals surface area contributed by atoms with Crippen molar-refractivity contribution in [3.8, 4) is 11.5 Å². The molecular weight excluding hydrogens is 336 g/mol. The third kappa shape index (κ3) is 2.99. The Morgan fingerprint density at radius 1 is 0.962 bits per heavy atom. The minimum absolute atomic E-state index is 0.306. The molecule has 26 heavy (non-hydrogen) atoms. The maximum absolute atomic E-state index is 12.6. The van der Waals surface area contributed by atoms with Gasteiger partial charge >= 0.3 is 0 Å². The molecule has 0 bridgehead atoms. The Balaban J connectivity index is 1.81. The number of benzene rings is 2. The molecule has 0 saturated heterocycles. The van der Waals surface area contributed by atoms with Crippen LogP contribution in [0.3, 0.4) is 0 Å². The quantitative estimate of drug-likeness (QED) is 0.833. The maximum Gasteiger partial charge on any atom is 0.262 e. The Labute approximate surface area is 150 Å². The predicted octanol–water partition coefficient (Wildman–Crippen LogP) is 2.33. The molecule has 3 amide bonds. The SMILES string of the molecule is COc1cc(NC(=O)C(C)N2C(=O)c3ccccc3C2=O)cc(OC)c1. The summed E-state index contributed by atoms with van der Waals surface area (Å²) in [5, 5.41) is 2.69. The van der Waals surface area contributed by atoms with Crippen LogP contribution in [0.2, 0.25) is 0 Å². The molecule has 0 radical (unpaired) electrons. The van der Waals surface area contributed by atoms with Gasteiger partial charge in [-0.3, -0.25) is 19.3 Å². The summed E-state index contributed by atoms with van der Waals surface area (Å²) in [7, 11) is 3.00. The second-order valence-electron chi connectivity index (χ2n) is 5.79. The molecule has 134 valence electrons. The second-order valence-corrected chi connectivity index (χ2v) is 5.79. The maximum atomic E-state index is 12.6. The Morgan fingerprint density at radius 3 is 1.92 bits per heavy atom. The highest BCUT2D eigenvalue weighted by molar-refractivity contribution is 6.23. The number of rotatable bonds is 5. The van der Waals surface area contributed by atoms with Crippen LogP contribution < -0.4 is 14.8 Å². The van der Waals surface area contributed by atoms with Crippen LogP contribution in [0.25, 0.3) is 0 Å². The molecule has 2 aromatic carbocycles. The van der Waals surface area contributed by atoms with Gasteiger partial charge in [-0.05, 0) is 19.1 Å². The van der Waals surface area contributed by atoms with Crippen molar-refractivity contribution in [1.82, 2.24) is 4.90 Å². The molecule has 1 heterocycles. The zero-order valence-corrected chi connectivity index (χ0v) is 14.6. The zero-order valence-electron chi connectivity index (χ0n) is 14.6. The monoisotopic (exact) mass is 354 g/mol. The molecule has 0 spiro atoms. The lowest BCUT2D eigenvalue weighted by molar-refractivity contribution is -0.119. The average Bonchev–Trinajstić information content (AvgIpc) is 2.91. The molecule has 1 N–H and O–H groups in total. The summed E-state index contributed by atoms with van der Waals surface area (Å²) in [6.45, 7) is 1.51. The van der Waals surface area contributed by atoms with Crippen molar-refractivity contribution in [1.29, 1.82) is 0 Å². The third-order valence-electron chi connectivity index (χ3n) is 4.21. The van der Waals surface area contributed by atoms with E-state index in [0.29, 0.717) is 28.3 Å². The number of amides is 3. The fourth-order valence-electron chi connectivity index (χ4n) is 2.80. The Morgan fingerprint density at radius 2 is 1.46 bits per heavy atom. The number of imide groups is 1. The normalized spacial score (nSPS) is 14.0. The van der Waals surface area contributed by atoms with E-state index in [1.165, 1.54) is 21.1 Å². The lowest BCUT2D eigenvalue weighted by atomic mass is 10.1. The van der Waals surface area contributed by atoms with Crippen molar-refractivity contribution in [3.63, 3.8) is 0 Å². The molecule has 0 fully saturated rings. The molecular formula is C19H18N2O5. The number of ether oxygens (including phenoxy) is 2. The molecule has 0 saturated carbocycles. The van der Waals surface area contributed by atoms with Crippen molar-refractivity contribution in [2.24, 2.45) is 0 Å². The summed E-state index contributed by atoms with van der Waals surface area (Å²) < 4.78 is 10.3. The highest BCUT2D eigenvalue weighted by atomic mass is 16.5. The number of fused-ring (bicyclic) bond motifs is 1. The van der Waals surface area contributed by atoms with Gasteiger partial charge in [0.15, 0.2) is 0 Å². The summed E-state index contributed by atoms with van der Waals surface area (Å²) in [6.07, 6.45) is 0. The van der Waals surface area contributed by atoms with Crippen molar-refractivity contribution in [2.75, 3.05) is 19.5 Å². The predicted molar refractivity (Wildman–Crippen MR) is 94.6 cm³/mol. The first-order chi connectivity index (χ1) is 12.5. The molecule has 7 nitrogen and oxygen atoms in total. The summed E-state index contributed by atoms with van der Waals surface area (Å²) >= 11 is 0. The van der Waals surface area contributed by atoms with Crippen LogP contribution in [0.5, 0.6) is 11.5 Å². The van der Waals surface area contributed by atoms with E-state index < -0.39 is 23.8 Å². The summed E-state index contributed by atoms with van der Waals surface area (Å²) in [6, 6.07) is 10.5. The van der Waals surface area contributed by atoms with Crippen LogP contribution in [0.4, 0.5) is 5.69 Å². The fourth-order valence-corrected chi connectivity index (χ4v) is 2.80. The highest BCUT2D eigenvalue weighted by Crippen LogP contribution is 2.27. The number of methoxy groups -OCH3 is 2. The summed E-state index contributed by atoms with van der Waals surface area (Å²) in [5.74, 6) is -0.427. The van der Waals surface area contributed by atoms with Gasteiger partial charge in [-0.15, -0.1) is 0 Å². The van der Waals surface area contributed by atoms with Crippen LogP contribution in [0.1, 0.15) is 27.6 Å². The largest absolute Gasteiger partial charge is 0.497 e. The van der Waals surface area contributed by atoms with E-state index in [9.17, 15) is 14.4 Å². The van der Waals surface area contributed by atoms with Gasteiger partial charge in [0.2, 0.25) is 5.91 Å². The number of carbonyl (C=O) groups is 3. The molecule has 1 aliphatic heterocycles. The van der Waals surface area contributed by atoms with Gasteiger partial charge in [-0.1, -0.05) is 12.1 Å².